The van der Waals surface area contributed by atoms with Gasteiger partial charge >= 0.3 is 0 Å². The molecule has 3 nitrogen and oxygen atoms in total. The maximum absolute atomic E-state index is 5.79. The monoisotopic (exact) mass is 251 g/mol. The SMILES string of the molecule is COc1cccc(-c2cnc(-c3ccccc3)o2)c1. The minimum absolute atomic E-state index is 0.624. The molecule has 0 aliphatic heterocycles. The van der Waals surface area contributed by atoms with Gasteiger partial charge in [-0.1, -0.05) is 30.3 Å². The van der Waals surface area contributed by atoms with Crippen LogP contribution in [-0.2, 0) is 0 Å². The number of aromatic nitrogens is 1. The first-order valence-electron chi connectivity index (χ1n) is 6.02. The fourth-order valence-electron chi connectivity index (χ4n) is 1.90. The van der Waals surface area contributed by atoms with E-state index in [2.05, 4.69) is 4.98 Å². The van der Waals surface area contributed by atoms with Crippen molar-refractivity contribution in [3.8, 4) is 28.5 Å². The number of methoxy groups -OCH3 is 1. The fraction of sp³-hybridized carbons (Fsp3) is 0.0625. The van der Waals surface area contributed by atoms with E-state index in [9.17, 15) is 0 Å². The molecule has 19 heavy (non-hydrogen) atoms. The van der Waals surface area contributed by atoms with E-state index in [0.29, 0.717) is 5.89 Å². The van der Waals surface area contributed by atoms with Crippen molar-refractivity contribution in [3.63, 3.8) is 0 Å². The van der Waals surface area contributed by atoms with Crippen LogP contribution in [0.25, 0.3) is 22.8 Å². The topological polar surface area (TPSA) is 35.3 Å². The molecule has 1 heterocycles. The number of oxazole rings is 1. The highest BCUT2D eigenvalue weighted by molar-refractivity contribution is 5.62. The van der Waals surface area contributed by atoms with Gasteiger partial charge in [-0.15, -0.1) is 0 Å². The Morgan fingerprint density at radius 1 is 0.947 bits per heavy atom. The fourth-order valence-corrected chi connectivity index (χ4v) is 1.90. The summed E-state index contributed by atoms with van der Waals surface area (Å²) in [5.74, 6) is 2.16. The summed E-state index contributed by atoms with van der Waals surface area (Å²) in [4.78, 5) is 4.31. The van der Waals surface area contributed by atoms with Gasteiger partial charge in [-0.2, -0.15) is 0 Å². The predicted octanol–water partition coefficient (Wildman–Crippen LogP) is 4.02. The van der Waals surface area contributed by atoms with Gasteiger partial charge in [-0.3, -0.25) is 0 Å². The molecule has 0 bridgehead atoms. The maximum atomic E-state index is 5.79. The van der Waals surface area contributed by atoms with Crippen molar-refractivity contribution in [2.45, 2.75) is 0 Å². The van der Waals surface area contributed by atoms with Gasteiger partial charge in [-0.05, 0) is 24.3 Å². The average Bonchev–Trinajstić information content (AvgIpc) is 2.98. The van der Waals surface area contributed by atoms with Crippen molar-refractivity contribution >= 4 is 0 Å². The number of rotatable bonds is 3. The van der Waals surface area contributed by atoms with Crippen LogP contribution in [0.5, 0.6) is 5.75 Å². The Morgan fingerprint density at radius 2 is 1.74 bits per heavy atom. The largest absolute Gasteiger partial charge is 0.497 e. The first-order chi connectivity index (χ1) is 9.36. The lowest BCUT2D eigenvalue weighted by Crippen LogP contribution is -1.82. The lowest BCUT2D eigenvalue weighted by molar-refractivity contribution is 0.415. The molecule has 0 radical (unpaired) electrons. The summed E-state index contributed by atoms with van der Waals surface area (Å²) in [7, 11) is 1.65. The van der Waals surface area contributed by atoms with Crippen molar-refractivity contribution in [1.82, 2.24) is 4.98 Å². The molecule has 3 aromatic rings. The van der Waals surface area contributed by atoms with Crippen molar-refractivity contribution in [2.75, 3.05) is 7.11 Å². The van der Waals surface area contributed by atoms with E-state index in [1.165, 1.54) is 0 Å². The van der Waals surface area contributed by atoms with Crippen LogP contribution in [0, 0.1) is 0 Å². The molecule has 0 fully saturated rings. The molecular weight excluding hydrogens is 238 g/mol. The van der Waals surface area contributed by atoms with Crippen molar-refractivity contribution in [2.24, 2.45) is 0 Å². The molecule has 0 amide bonds. The van der Waals surface area contributed by atoms with Gasteiger partial charge in [0.2, 0.25) is 5.89 Å². The minimum atomic E-state index is 0.624. The highest BCUT2D eigenvalue weighted by atomic mass is 16.5. The molecule has 3 rings (SSSR count). The van der Waals surface area contributed by atoms with E-state index in [4.69, 9.17) is 9.15 Å². The van der Waals surface area contributed by atoms with E-state index < -0.39 is 0 Å². The lowest BCUT2D eigenvalue weighted by atomic mass is 10.2. The Kier molecular flexibility index (Phi) is 3.02. The standard InChI is InChI=1S/C16H13NO2/c1-18-14-9-5-8-13(10-14)15-11-17-16(19-15)12-6-3-2-4-7-12/h2-11H,1H3. The zero-order chi connectivity index (χ0) is 13.1. The van der Waals surface area contributed by atoms with Gasteiger partial charge in [0, 0.05) is 11.1 Å². The molecule has 2 aromatic carbocycles. The van der Waals surface area contributed by atoms with Crippen molar-refractivity contribution in [1.29, 1.82) is 0 Å². The number of nitrogens with zero attached hydrogens (tertiary/aromatic N) is 1. The summed E-state index contributed by atoms with van der Waals surface area (Å²) in [6.45, 7) is 0. The van der Waals surface area contributed by atoms with Crippen LogP contribution in [0.4, 0.5) is 0 Å². The molecule has 0 aliphatic carbocycles. The molecule has 0 saturated carbocycles. The molecule has 3 heteroatoms. The van der Waals surface area contributed by atoms with Crippen LogP contribution in [0.15, 0.2) is 65.2 Å². The smallest absolute Gasteiger partial charge is 0.226 e. The Bertz CT molecular complexity index is 674. The Hall–Kier alpha value is -2.55. The second-order valence-corrected chi connectivity index (χ2v) is 4.13. The van der Waals surface area contributed by atoms with Crippen LogP contribution in [0.1, 0.15) is 0 Å². The molecule has 94 valence electrons. The van der Waals surface area contributed by atoms with E-state index in [1.54, 1.807) is 13.3 Å². The van der Waals surface area contributed by atoms with E-state index in [-0.39, 0.29) is 0 Å². The zero-order valence-electron chi connectivity index (χ0n) is 10.5. The Balaban J connectivity index is 1.97. The molecule has 0 aliphatic rings. The summed E-state index contributed by atoms with van der Waals surface area (Å²) >= 11 is 0. The summed E-state index contributed by atoms with van der Waals surface area (Å²) in [5.41, 5.74) is 1.92. The molecular formula is C16H13NO2. The van der Waals surface area contributed by atoms with Gasteiger partial charge in [0.05, 0.1) is 13.3 Å². The number of ether oxygens (including phenoxy) is 1. The molecule has 0 atom stereocenters. The van der Waals surface area contributed by atoms with Crippen LogP contribution < -0.4 is 4.74 Å². The van der Waals surface area contributed by atoms with Crippen LogP contribution in [-0.4, -0.2) is 12.1 Å². The van der Waals surface area contributed by atoms with Crippen molar-refractivity contribution < 1.29 is 9.15 Å². The quantitative estimate of drug-likeness (QED) is 0.705. The molecule has 0 unspecified atom stereocenters. The van der Waals surface area contributed by atoms with Crippen LogP contribution in [0.2, 0.25) is 0 Å². The summed E-state index contributed by atoms with van der Waals surface area (Å²) in [6, 6.07) is 17.6. The zero-order valence-corrected chi connectivity index (χ0v) is 10.5. The van der Waals surface area contributed by atoms with Crippen LogP contribution in [0.3, 0.4) is 0 Å². The third kappa shape index (κ3) is 2.36. The maximum Gasteiger partial charge on any atom is 0.226 e. The van der Waals surface area contributed by atoms with Crippen LogP contribution >= 0.6 is 0 Å². The summed E-state index contributed by atoms with van der Waals surface area (Å²) < 4.78 is 11.0. The van der Waals surface area contributed by atoms with Gasteiger partial charge in [0.15, 0.2) is 5.76 Å². The highest BCUT2D eigenvalue weighted by Gasteiger charge is 2.08. The Labute approximate surface area is 111 Å². The summed E-state index contributed by atoms with van der Waals surface area (Å²) in [5, 5.41) is 0. The molecule has 1 aromatic heterocycles. The van der Waals surface area contributed by atoms with E-state index in [0.717, 1.165) is 22.6 Å². The van der Waals surface area contributed by atoms with Gasteiger partial charge in [0.1, 0.15) is 5.75 Å². The first-order valence-corrected chi connectivity index (χ1v) is 6.02. The van der Waals surface area contributed by atoms with Gasteiger partial charge in [0.25, 0.3) is 0 Å². The molecule has 0 saturated heterocycles. The van der Waals surface area contributed by atoms with Gasteiger partial charge in [-0.25, -0.2) is 4.98 Å². The minimum Gasteiger partial charge on any atom is -0.497 e. The second-order valence-electron chi connectivity index (χ2n) is 4.13. The third-order valence-electron chi connectivity index (χ3n) is 2.88. The number of hydrogen-bond acceptors (Lipinski definition) is 3. The second kappa shape index (κ2) is 4.98. The average molecular weight is 251 g/mol. The third-order valence-corrected chi connectivity index (χ3v) is 2.88. The Morgan fingerprint density at radius 3 is 2.53 bits per heavy atom. The number of benzene rings is 2. The molecule has 0 N–H and O–H groups in total. The van der Waals surface area contributed by atoms with Gasteiger partial charge < -0.3 is 9.15 Å². The van der Waals surface area contributed by atoms with Crippen molar-refractivity contribution in [3.05, 3.63) is 60.8 Å². The predicted molar refractivity (Wildman–Crippen MR) is 73.9 cm³/mol. The van der Waals surface area contributed by atoms with E-state index >= 15 is 0 Å². The molecule has 0 spiro atoms. The lowest BCUT2D eigenvalue weighted by Gasteiger charge is -2.01. The first kappa shape index (κ1) is 11.5. The highest BCUT2D eigenvalue weighted by Crippen LogP contribution is 2.27. The normalized spacial score (nSPS) is 10.4. The number of hydrogen-bond donors (Lipinski definition) is 0. The van der Waals surface area contributed by atoms with E-state index in [1.807, 2.05) is 54.6 Å². The summed E-state index contributed by atoms with van der Waals surface area (Å²) in [6.07, 6.45) is 1.73.